The summed E-state index contributed by atoms with van der Waals surface area (Å²) < 4.78 is 5.02. The van der Waals surface area contributed by atoms with E-state index < -0.39 is 0 Å². The molecule has 0 radical (unpaired) electrons. The van der Waals surface area contributed by atoms with Crippen molar-refractivity contribution in [1.82, 2.24) is 4.90 Å². The largest absolute Gasteiger partial charge is 0.465 e. The maximum Gasteiger partial charge on any atom is 0.320 e. The highest BCUT2D eigenvalue weighted by atomic mass is 16.5. The third-order valence-corrected chi connectivity index (χ3v) is 3.68. The number of carbonyl (C=O) groups excluding carboxylic acids is 1. The molecule has 0 spiro atoms. The first-order chi connectivity index (χ1) is 8.22. The first kappa shape index (κ1) is 14.5. The molecule has 0 aliphatic heterocycles. The lowest BCUT2D eigenvalue weighted by Crippen LogP contribution is -2.47. The molecule has 1 aliphatic rings. The minimum atomic E-state index is -0.115. The molecule has 100 valence electrons. The van der Waals surface area contributed by atoms with Gasteiger partial charge in [-0.15, -0.1) is 0 Å². The third-order valence-electron chi connectivity index (χ3n) is 3.68. The van der Waals surface area contributed by atoms with Crippen molar-refractivity contribution in [1.29, 1.82) is 0 Å². The number of ether oxygens (including phenoxy) is 1. The number of carbonyl (C=O) groups is 1. The van der Waals surface area contributed by atoms with Gasteiger partial charge in [0.25, 0.3) is 0 Å². The van der Waals surface area contributed by atoms with Gasteiger partial charge in [0.15, 0.2) is 0 Å². The van der Waals surface area contributed by atoms with E-state index in [1.165, 1.54) is 19.3 Å². The topological polar surface area (TPSA) is 55.6 Å². The van der Waals surface area contributed by atoms with E-state index in [9.17, 15) is 4.79 Å². The fourth-order valence-corrected chi connectivity index (χ4v) is 2.78. The SMILES string of the molecule is CCOC(=O)CN(CC)C1CCCCC1CN. The Bertz CT molecular complexity index is 233. The van der Waals surface area contributed by atoms with Gasteiger partial charge in [0, 0.05) is 6.04 Å². The van der Waals surface area contributed by atoms with E-state index >= 15 is 0 Å². The molecule has 2 N–H and O–H groups in total. The molecule has 1 rings (SSSR count). The van der Waals surface area contributed by atoms with Crippen LogP contribution in [0.4, 0.5) is 0 Å². The van der Waals surface area contributed by atoms with E-state index in [1.54, 1.807) is 0 Å². The number of hydrogen-bond acceptors (Lipinski definition) is 4. The maximum absolute atomic E-state index is 11.6. The van der Waals surface area contributed by atoms with Crippen molar-refractivity contribution < 1.29 is 9.53 Å². The Hall–Kier alpha value is -0.610. The summed E-state index contributed by atoms with van der Waals surface area (Å²) in [5.74, 6) is 0.425. The van der Waals surface area contributed by atoms with Crippen LogP contribution in [0.25, 0.3) is 0 Å². The number of likely N-dealkylation sites (N-methyl/N-ethyl adjacent to an activating group) is 1. The summed E-state index contributed by atoms with van der Waals surface area (Å²) in [6.45, 7) is 6.43. The van der Waals surface area contributed by atoms with E-state index in [1.807, 2.05) is 6.92 Å². The number of nitrogens with zero attached hydrogens (tertiary/aromatic N) is 1. The summed E-state index contributed by atoms with van der Waals surface area (Å²) in [7, 11) is 0. The summed E-state index contributed by atoms with van der Waals surface area (Å²) in [4.78, 5) is 13.8. The molecule has 1 aliphatic carbocycles. The van der Waals surface area contributed by atoms with E-state index in [4.69, 9.17) is 10.5 Å². The zero-order chi connectivity index (χ0) is 12.7. The second-order valence-corrected chi connectivity index (χ2v) is 4.72. The normalized spacial score (nSPS) is 24.9. The Morgan fingerprint density at radius 2 is 2.06 bits per heavy atom. The standard InChI is InChI=1S/C13H26N2O2/c1-3-15(10-13(16)17-4-2)12-8-6-5-7-11(12)9-14/h11-12H,3-10,14H2,1-2H3. The smallest absolute Gasteiger partial charge is 0.320 e. The molecule has 2 atom stereocenters. The van der Waals surface area contributed by atoms with Gasteiger partial charge in [0.05, 0.1) is 13.2 Å². The van der Waals surface area contributed by atoms with Crippen LogP contribution in [-0.2, 0) is 9.53 Å². The summed E-state index contributed by atoms with van der Waals surface area (Å²) in [6, 6.07) is 0.461. The molecule has 4 heteroatoms. The molecule has 0 saturated heterocycles. The van der Waals surface area contributed by atoms with Crippen LogP contribution >= 0.6 is 0 Å². The molecule has 4 nitrogen and oxygen atoms in total. The van der Waals surface area contributed by atoms with Crippen LogP contribution in [-0.4, -0.2) is 43.2 Å². The first-order valence-electron chi connectivity index (χ1n) is 6.82. The Kier molecular flexibility index (Phi) is 6.52. The quantitative estimate of drug-likeness (QED) is 0.715. The van der Waals surface area contributed by atoms with Crippen molar-refractivity contribution in [2.24, 2.45) is 11.7 Å². The van der Waals surface area contributed by atoms with E-state index in [0.29, 0.717) is 25.1 Å². The summed E-state index contributed by atoms with van der Waals surface area (Å²) in [6.07, 6.45) is 4.88. The molecule has 0 aromatic heterocycles. The molecule has 0 aromatic rings. The van der Waals surface area contributed by atoms with Gasteiger partial charge >= 0.3 is 5.97 Å². The molecule has 2 unspecified atom stereocenters. The average molecular weight is 242 g/mol. The van der Waals surface area contributed by atoms with Crippen LogP contribution in [0.5, 0.6) is 0 Å². The monoisotopic (exact) mass is 242 g/mol. The number of nitrogens with two attached hydrogens (primary N) is 1. The molecule has 17 heavy (non-hydrogen) atoms. The van der Waals surface area contributed by atoms with Crippen LogP contribution in [0.3, 0.4) is 0 Å². The lowest BCUT2D eigenvalue weighted by molar-refractivity contribution is -0.145. The van der Waals surface area contributed by atoms with Crippen molar-refractivity contribution in [3.05, 3.63) is 0 Å². The Balaban J connectivity index is 2.54. The number of rotatable bonds is 6. The number of esters is 1. The van der Waals surface area contributed by atoms with Gasteiger partial charge in [-0.05, 0) is 38.8 Å². The van der Waals surface area contributed by atoms with Gasteiger partial charge < -0.3 is 10.5 Å². The molecule has 1 fully saturated rings. The van der Waals surface area contributed by atoms with Gasteiger partial charge in [-0.3, -0.25) is 9.69 Å². The lowest BCUT2D eigenvalue weighted by atomic mass is 9.83. The van der Waals surface area contributed by atoms with E-state index in [2.05, 4.69) is 11.8 Å². The van der Waals surface area contributed by atoms with E-state index in [-0.39, 0.29) is 5.97 Å². The molecule has 1 saturated carbocycles. The molecular formula is C13H26N2O2. The second-order valence-electron chi connectivity index (χ2n) is 4.72. The zero-order valence-electron chi connectivity index (χ0n) is 11.2. The predicted molar refractivity (Wildman–Crippen MR) is 68.7 cm³/mol. The lowest BCUT2D eigenvalue weighted by Gasteiger charge is -2.38. The predicted octanol–water partition coefficient (Wildman–Crippen LogP) is 1.39. The fourth-order valence-electron chi connectivity index (χ4n) is 2.78. The summed E-state index contributed by atoms with van der Waals surface area (Å²) in [5.41, 5.74) is 5.83. The minimum Gasteiger partial charge on any atom is -0.465 e. The molecular weight excluding hydrogens is 216 g/mol. The van der Waals surface area contributed by atoms with Gasteiger partial charge in [-0.25, -0.2) is 0 Å². The van der Waals surface area contributed by atoms with E-state index in [0.717, 1.165) is 19.5 Å². The van der Waals surface area contributed by atoms with Crippen molar-refractivity contribution in [3.63, 3.8) is 0 Å². The van der Waals surface area contributed by atoms with Crippen molar-refractivity contribution in [2.75, 3.05) is 26.2 Å². The summed E-state index contributed by atoms with van der Waals surface area (Å²) in [5, 5.41) is 0. The molecule has 0 amide bonds. The third kappa shape index (κ3) is 4.28. The fraction of sp³-hybridized carbons (Fsp3) is 0.923. The molecule has 0 aromatic carbocycles. The highest BCUT2D eigenvalue weighted by Gasteiger charge is 2.29. The Morgan fingerprint density at radius 1 is 1.35 bits per heavy atom. The zero-order valence-corrected chi connectivity index (χ0v) is 11.2. The Morgan fingerprint density at radius 3 is 2.65 bits per heavy atom. The van der Waals surface area contributed by atoms with Crippen LogP contribution in [0.15, 0.2) is 0 Å². The van der Waals surface area contributed by atoms with Crippen molar-refractivity contribution in [3.8, 4) is 0 Å². The van der Waals surface area contributed by atoms with Crippen LogP contribution in [0.2, 0.25) is 0 Å². The highest BCUT2D eigenvalue weighted by molar-refractivity contribution is 5.71. The molecule has 0 heterocycles. The first-order valence-corrected chi connectivity index (χ1v) is 6.82. The van der Waals surface area contributed by atoms with Gasteiger partial charge in [-0.2, -0.15) is 0 Å². The van der Waals surface area contributed by atoms with Crippen molar-refractivity contribution >= 4 is 5.97 Å². The maximum atomic E-state index is 11.6. The Labute approximate surface area is 104 Å². The van der Waals surface area contributed by atoms with Gasteiger partial charge in [0.2, 0.25) is 0 Å². The second kappa shape index (κ2) is 7.67. The van der Waals surface area contributed by atoms with Crippen LogP contribution in [0.1, 0.15) is 39.5 Å². The average Bonchev–Trinajstić information content (AvgIpc) is 2.36. The van der Waals surface area contributed by atoms with Crippen LogP contribution < -0.4 is 5.73 Å². The number of hydrogen-bond donors (Lipinski definition) is 1. The minimum absolute atomic E-state index is 0.115. The summed E-state index contributed by atoms with van der Waals surface area (Å²) >= 11 is 0. The van der Waals surface area contributed by atoms with Gasteiger partial charge in [-0.1, -0.05) is 19.8 Å². The van der Waals surface area contributed by atoms with Crippen molar-refractivity contribution in [2.45, 2.75) is 45.6 Å². The highest BCUT2D eigenvalue weighted by Crippen LogP contribution is 2.27. The van der Waals surface area contributed by atoms with Crippen LogP contribution in [0, 0.1) is 5.92 Å². The van der Waals surface area contributed by atoms with Gasteiger partial charge in [0.1, 0.15) is 0 Å². The molecule has 0 bridgehead atoms.